The molecule has 6 heteroatoms. The van der Waals surface area contributed by atoms with Crippen LogP contribution in [0.3, 0.4) is 0 Å². The maximum Gasteiger partial charge on any atom is 0.346 e. The Morgan fingerprint density at radius 3 is 2.21 bits per heavy atom. The fourth-order valence-electron chi connectivity index (χ4n) is 4.82. The van der Waals surface area contributed by atoms with Gasteiger partial charge in [0.15, 0.2) is 0 Å². The van der Waals surface area contributed by atoms with Crippen LogP contribution in [0.1, 0.15) is 75.0 Å². The Morgan fingerprint density at radius 1 is 0.923 bits per heavy atom. The minimum absolute atomic E-state index is 0.0591. The summed E-state index contributed by atoms with van der Waals surface area (Å²) in [4.78, 5) is 24.3. The zero-order valence-corrected chi connectivity index (χ0v) is 23.6. The first-order chi connectivity index (χ1) is 18.6. The Hall–Kier alpha value is -3.93. The summed E-state index contributed by atoms with van der Waals surface area (Å²) in [5.74, 6) is -0.535. The molecule has 0 aliphatic carbocycles. The Kier molecular flexibility index (Phi) is 8.54. The van der Waals surface area contributed by atoms with Gasteiger partial charge in [0.1, 0.15) is 5.82 Å². The summed E-state index contributed by atoms with van der Waals surface area (Å²) < 4.78 is 3.36. The third kappa shape index (κ3) is 6.75. The summed E-state index contributed by atoms with van der Waals surface area (Å²) >= 11 is 0. The Labute approximate surface area is 231 Å². The summed E-state index contributed by atoms with van der Waals surface area (Å²) in [6.45, 7) is 11.3. The van der Waals surface area contributed by atoms with E-state index in [2.05, 4.69) is 69.3 Å². The number of hydrogen-bond donors (Lipinski definition) is 1. The van der Waals surface area contributed by atoms with Crippen molar-refractivity contribution in [3.63, 3.8) is 0 Å². The molecule has 0 saturated heterocycles. The average molecular weight is 526 g/mol. The SMILES string of the molecule is CCn1c(CCCc2ccc(-c3cccc(C(C)C(=O)O)c3)cc2)nn(Cc2ccc(C(C)(C)C)cc2)c1=O. The van der Waals surface area contributed by atoms with Crippen LogP contribution in [0.5, 0.6) is 0 Å². The first-order valence-corrected chi connectivity index (χ1v) is 13.7. The Balaban J connectivity index is 1.39. The van der Waals surface area contributed by atoms with E-state index in [-0.39, 0.29) is 11.1 Å². The van der Waals surface area contributed by atoms with Crippen LogP contribution in [-0.2, 0) is 36.1 Å². The van der Waals surface area contributed by atoms with Crippen molar-refractivity contribution in [2.24, 2.45) is 0 Å². The van der Waals surface area contributed by atoms with Gasteiger partial charge < -0.3 is 5.11 Å². The highest BCUT2D eigenvalue weighted by atomic mass is 16.4. The lowest BCUT2D eigenvalue weighted by Gasteiger charge is -2.19. The van der Waals surface area contributed by atoms with Crippen LogP contribution in [0.4, 0.5) is 0 Å². The Bertz CT molecular complexity index is 1470. The van der Waals surface area contributed by atoms with Crippen molar-refractivity contribution >= 4 is 5.97 Å². The van der Waals surface area contributed by atoms with Gasteiger partial charge in [-0.05, 0) is 65.5 Å². The van der Waals surface area contributed by atoms with Crippen molar-refractivity contribution in [1.29, 1.82) is 0 Å². The second-order valence-electron chi connectivity index (χ2n) is 11.3. The minimum atomic E-state index is -0.824. The number of aliphatic carboxylic acids is 1. The van der Waals surface area contributed by atoms with E-state index < -0.39 is 11.9 Å². The molecule has 204 valence electrons. The van der Waals surface area contributed by atoms with Crippen molar-refractivity contribution in [1.82, 2.24) is 14.3 Å². The monoisotopic (exact) mass is 525 g/mol. The largest absolute Gasteiger partial charge is 0.481 e. The molecule has 0 amide bonds. The van der Waals surface area contributed by atoms with E-state index >= 15 is 0 Å². The molecule has 1 atom stereocenters. The molecule has 0 bridgehead atoms. The number of nitrogens with zero attached hydrogens (tertiary/aromatic N) is 3. The average Bonchev–Trinajstić information content (AvgIpc) is 3.22. The zero-order chi connectivity index (χ0) is 28.2. The first kappa shape index (κ1) is 28.1. The molecule has 4 aromatic rings. The molecule has 39 heavy (non-hydrogen) atoms. The van der Waals surface area contributed by atoms with Gasteiger partial charge in [-0.1, -0.05) is 93.6 Å². The van der Waals surface area contributed by atoms with E-state index in [1.54, 1.807) is 16.2 Å². The number of carboxylic acids is 1. The normalized spacial score (nSPS) is 12.4. The van der Waals surface area contributed by atoms with E-state index in [1.807, 2.05) is 31.2 Å². The molecule has 0 aliphatic heterocycles. The van der Waals surface area contributed by atoms with Gasteiger partial charge in [0.2, 0.25) is 0 Å². The molecule has 0 saturated carbocycles. The minimum Gasteiger partial charge on any atom is -0.481 e. The van der Waals surface area contributed by atoms with Gasteiger partial charge >= 0.3 is 11.7 Å². The maximum absolute atomic E-state index is 13.0. The molecule has 1 N–H and O–H groups in total. The number of carbonyl (C=O) groups is 1. The third-order valence-corrected chi connectivity index (χ3v) is 7.38. The van der Waals surface area contributed by atoms with Gasteiger partial charge in [0, 0.05) is 13.0 Å². The molecule has 0 fully saturated rings. The molecule has 0 aliphatic rings. The summed E-state index contributed by atoms with van der Waals surface area (Å²) in [5, 5.41) is 14.0. The summed E-state index contributed by atoms with van der Waals surface area (Å²) in [6.07, 6.45) is 2.51. The van der Waals surface area contributed by atoms with Crippen LogP contribution in [0.2, 0.25) is 0 Å². The zero-order valence-electron chi connectivity index (χ0n) is 23.6. The highest BCUT2D eigenvalue weighted by Crippen LogP contribution is 2.25. The third-order valence-electron chi connectivity index (χ3n) is 7.38. The number of benzene rings is 3. The van der Waals surface area contributed by atoms with E-state index in [9.17, 15) is 14.7 Å². The lowest BCUT2D eigenvalue weighted by Crippen LogP contribution is -2.25. The summed E-state index contributed by atoms with van der Waals surface area (Å²) in [5.41, 5.74) is 6.47. The van der Waals surface area contributed by atoms with Crippen LogP contribution in [0, 0.1) is 0 Å². The van der Waals surface area contributed by atoms with Crippen molar-refractivity contribution in [3.8, 4) is 11.1 Å². The smallest absolute Gasteiger partial charge is 0.346 e. The molecular formula is C33H39N3O3. The second kappa shape index (κ2) is 11.9. The fraction of sp³-hybridized carbons (Fsp3) is 0.364. The molecule has 1 heterocycles. The summed E-state index contributed by atoms with van der Waals surface area (Å²) in [6, 6.07) is 24.6. The highest BCUT2D eigenvalue weighted by Gasteiger charge is 2.16. The van der Waals surface area contributed by atoms with Gasteiger partial charge in [-0.15, -0.1) is 0 Å². The van der Waals surface area contributed by atoms with E-state index in [1.165, 1.54) is 11.1 Å². The van der Waals surface area contributed by atoms with Crippen molar-refractivity contribution in [2.75, 3.05) is 0 Å². The maximum atomic E-state index is 13.0. The molecule has 4 rings (SSSR count). The van der Waals surface area contributed by atoms with Crippen LogP contribution in [0.15, 0.2) is 77.6 Å². The molecule has 0 radical (unpaired) electrons. The van der Waals surface area contributed by atoms with Crippen molar-refractivity contribution in [3.05, 3.63) is 111 Å². The highest BCUT2D eigenvalue weighted by molar-refractivity contribution is 5.76. The number of hydrogen-bond acceptors (Lipinski definition) is 3. The van der Waals surface area contributed by atoms with Crippen LogP contribution in [0.25, 0.3) is 11.1 Å². The lowest BCUT2D eigenvalue weighted by atomic mass is 9.87. The van der Waals surface area contributed by atoms with E-state index in [0.29, 0.717) is 13.1 Å². The van der Waals surface area contributed by atoms with Crippen LogP contribution < -0.4 is 5.69 Å². The first-order valence-electron chi connectivity index (χ1n) is 13.7. The molecule has 3 aromatic carbocycles. The second-order valence-corrected chi connectivity index (χ2v) is 11.3. The molecule has 1 unspecified atom stereocenters. The van der Waals surface area contributed by atoms with Gasteiger partial charge in [0.25, 0.3) is 0 Å². The number of aryl methyl sites for hydroxylation is 2. The molecular weight excluding hydrogens is 486 g/mol. The van der Waals surface area contributed by atoms with Gasteiger partial charge in [-0.2, -0.15) is 5.10 Å². The van der Waals surface area contributed by atoms with E-state index in [4.69, 9.17) is 5.10 Å². The van der Waals surface area contributed by atoms with Crippen molar-refractivity contribution < 1.29 is 9.90 Å². The predicted octanol–water partition coefficient (Wildman–Crippen LogP) is 6.44. The van der Waals surface area contributed by atoms with Crippen molar-refractivity contribution in [2.45, 2.75) is 78.3 Å². The summed E-state index contributed by atoms with van der Waals surface area (Å²) in [7, 11) is 0. The van der Waals surface area contributed by atoms with Gasteiger partial charge in [0.05, 0.1) is 12.5 Å². The standard InChI is InChI=1S/C33H39N3O3/c1-6-35-30(34-36(32(35)39)22-25-15-19-29(20-16-25)33(3,4)5)12-7-9-24-13-17-26(18-14-24)28-11-8-10-27(21-28)23(2)31(37)38/h8,10-11,13-21,23H,6-7,9,12,22H2,1-5H3,(H,37,38). The topological polar surface area (TPSA) is 77.1 Å². The van der Waals surface area contributed by atoms with E-state index in [0.717, 1.165) is 47.3 Å². The quantitative estimate of drug-likeness (QED) is 0.258. The number of carboxylic acid groups (broad SMARTS) is 1. The molecule has 0 spiro atoms. The van der Waals surface area contributed by atoms with Gasteiger partial charge in [-0.25, -0.2) is 9.48 Å². The Morgan fingerprint density at radius 2 is 1.59 bits per heavy atom. The number of rotatable bonds is 10. The molecule has 1 aromatic heterocycles. The van der Waals surface area contributed by atoms with Gasteiger partial charge in [-0.3, -0.25) is 9.36 Å². The van der Waals surface area contributed by atoms with Crippen LogP contribution >= 0.6 is 0 Å². The number of aromatic nitrogens is 3. The lowest BCUT2D eigenvalue weighted by molar-refractivity contribution is -0.138. The predicted molar refractivity (Wildman–Crippen MR) is 156 cm³/mol. The fourth-order valence-corrected chi connectivity index (χ4v) is 4.82. The van der Waals surface area contributed by atoms with Crippen LogP contribution in [-0.4, -0.2) is 25.4 Å². The molecule has 6 nitrogen and oxygen atoms in total.